The number of carbonyl (C=O) groups is 2. The van der Waals surface area contributed by atoms with Crippen molar-refractivity contribution in [2.45, 2.75) is 39.5 Å². The summed E-state index contributed by atoms with van der Waals surface area (Å²) in [6.07, 6.45) is 1.13. The van der Waals surface area contributed by atoms with Crippen LogP contribution in [-0.2, 0) is 22.6 Å². The number of fused-ring (bicyclic) bond motifs is 1. The molecule has 0 aliphatic rings. The fourth-order valence-corrected chi connectivity index (χ4v) is 3.56. The average Bonchev–Trinajstić information content (AvgIpc) is 3.34. The van der Waals surface area contributed by atoms with Crippen LogP contribution in [0.25, 0.3) is 10.9 Å². The Kier molecular flexibility index (Phi) is 6.96. The lowest BCUT2D eigenvalue weighted by Gasteiger charge is -2.19. The summed E-state index contributed by atoms with van der Waals surface area (Å²) in [4.78, 5) is 25.1. The van der Waals surface area contributed by atoms with Crippen LogP contribution in [0.3, 0.4) is 0 Å². The number of anilines is 1. The van der Waals surface area contributed by atoms with E-state index in [0.717, 1.165) is 4.88 Å². The molecule has 0 spiro atoms. The van der Waals surface area contributed by atoms with E-state index in [1.165, 1.54) is 18.6 Å². The second-order valence-electron chi connectivity index (χ2n) is 7.55. The van der Waals surface area contributed by atoms with E-state index in [0.29, 0.717) is 28.2 Å². The monoisotopic (exact) mass is 466 g/mol. The van der Waals surface area contributed by atoms with Gasteiger partial charge in [-0.25, -0.2) is 9.59 Å². The van der Waals surface area contributed by atoms with Crippen LogP contribution in [0.4, 0.5) is 10.5 Å². The van der Waals surface area contributed by atoms with Gasteiger partial charge in [0.2, 0.25) is 0 Å². The molecule has 1 aromatic carbocycles. The first kappa shape index (κ1) is 22.8. The number of nitrogens with one attached hydrogen (secondary N) is 2. The van der Waals surface area contributed by atoms with Crippen LogP contribution in [0.2, 0.25) is 5.02 Å². The molecule has 2 N–H and O–H groups in total. The Hall–Kier alpha value is -2.92. The number of carbonyl (C=O) groups excluding carboxylic acids is 2. The summed E-state index contributed by atoms with van der Waals surface area (Å²) in [5.74, 6) is -0.573. The highest BCUT2D eigenvalue weighted by molar-refractivity contribution is 7.05. The number of aromatic nitrogens is 4. The zero-order chi connectivity index (χ0) is 22.6. The van der Waals surface area contributed by atoms with E-state index < -0.39 is 17.7 Å². The molecule has 12 heteroatoms. The molecule has 0 radical (unpaired) electrons. The molecule has 166 valence electrons. The lowest BCUT2D eigenvalue weighted by atomic mass is 10.2. The van der Waals surface area contributed by atoms with Crippen LogP contribution in [0.1, 0.15) is 36.1 Å². The van der Waals surface area contributed by atoms with Crippen molar-refractivity contribution < 1.29 is 19.1 Å². The van der Waals surface area contributed by atoms with Crippen molar-refractivity contribution in [2.24, 2.45) is 0 Å². The van der Waals surface area contributed by atoms with Gasteiger partial charge in [0, 0.05) is 11.9 Å². The zero-order valence-electron chi connectivity index (χ0n) is 17.6. The maximum atomic E-state index is 12.2. The molecule has 0 unspecified atom stereocenters. The number of alkyl carbamates (subject to hydrolysis) is 1. The predicted octanol–water partition coefficient (Wildman–Crippen LogP) is 3.46. The highest BCUT2D eigenvalue weighted by Crippen LogP contribution is 2.33. The maximum absolute atomic E-state index is 12.2. The summed E-state index contributed by atoms with van der Waals surface area (Å²) in [5.41, 5.74) is 0.772. The Morgan fingerprint density at radius 3 is 2.71 bits per heavy atom. The second-order valence-corrected chi connectivity index (χ2v) is 8.80. The third-order valence-electron chi connectivity index (χ3n) is 4.08. The third kappa shape index (κ3) is 5.61. The molecule has 0 saturated carbocycles. The molecule has 1 amide bonds. The van der Waals surface area contributed by atoms with Crippen LogP contribution in [0.5, 0.6) is 0 Å². The molecule has 0 aliphatic heterocycles. The summed E-state index contributed by atoms with van der Waals surface area (Å²) < 4.78 is 15.5. The Bertz CT molecular complexity index is 1080. The number of hydrogen-bond donors (Lipinski definition) is 2. The van der Waals surface area contributed by atoms with Gasteiger partial charge in [-0.3, -0.25) is 4.68 Å². The van der Waals surface area contributed by atoms with Gasteiger partial charge >= 0.3 is 12.1 Å². The van der Waals surface area contributed by atoms with Gasteiger partial charge in [-0.05, 0) is 44.4 Å². The van der Waals surface area contributed by atoms with Crippen molar-refractivity contribution in [2.75, 3.05) is 19.0 Å². The molecule has 2 aromatic heterocycles. The van der Waals surface area contributed by atoms with Gasteiger partial charge in [0.05, 0.1) is 47.5 Å². The van der Waals surface area contributed by atoms with Gasteiger partial charge in [-0.15, -0.1) is 5.10 Å². The van der Waals surface area contributed by atoms with Gasteiger partial charge in [0.15, 0.2) is 5.69 Å². The third-order valence-corrected chi connectivity index (χ3v) is 5.12. The fourth-order valence-electron chi connectivity index (χ4n) is 2.80. The van der Waals surface area contributed by atoms with E-state index in [4.69, 9.17) is 21.1 Å². The summed E-state index contributed by atoms with van der Waals surface area (Å²) in [5, 5.41) is 15.0. The summed E-state index contributed by atoms with van der Waals surface area (Å²) in [6, 6.07) is 3.53. The van der Waals surface area contributed by atoms with Crippen molar-refractivity contribution in [1.29, 1.82) is 0 Å². The first-order valence-electron chi connectivity index (χ1n) is 9.44. The number of amides is 1. The van der Waals surface area contributed by atoms with E-state index in [1.807, 2.05) is 0 Å². The first-order chi connectivity index (χ1) is 14.7. The minimum Gasteiger partial charge on any atom is -0.464 e. The SMILES string of the molecule is COC(=O)c1nn(CCNC(=O)OC(C)(C)C)c2c(Cl)c(NCc3cnns3)ccc12. The Morgan fingerprint density at radius 1 is 1.29 bits per heavy atom. The number of rotatable bonds is 7. The normalized spacial score (nSPS) is 11.4. The Balaban J connectivity index is 1.85. The summed E-state index contributed by atoms with van der Waals surface area (Å²) >= 11 is 7.95. The molecule has 31 heavy (non-hydrogen) atoms. The lowest BCUT2D eigenvalue weighted by Crippen LogP contribution is -2.34. The zero-order valence-corrected chi connectivity index (χ0v) is 19.1. The van der Waals surface area contributed by atoms with E-state index in [2.05, 4.69) is 25.3 Å². The fraction of sp³-hybridized carbons (Fsp3) is 0.421. The Labute approximate surface area is 188 Å². The van der Waals surface area contributed by atoms with Gasteiger partial charge < -0.3 is 20.1 Å². The van der Waals surface area contributed by atoms with Crippen LogP contribution in [0.15, 0.2) is 18.3 Å². The molecule has 0 aliphatic carbocycles. The van der Waals surface area contributed by atoms with E-state index in [1.54, 1.807) is 43.8 Å². The molecule has 10 nitrogen and oxygen atoms in total. The van der Waals surface area contributed by atoms with Crippen molar-refractivity contribution in [1.82, 2.24) is 24.7 Å². The van der Waals surface area contributed by atoms with E-state index in [9.17, 15) is 9.59 Å². The number of nitrogens with zero attached hydrogens (tertiary/aromatic N) is 4. The van der Waals surface area contributed by atoms with Crippen LogP contribution in [-0.4, -0.2) is 50.7 Å². The van der Waals surface area contributed by atoms with Gasteiger partial charge in [-0.1, -0.05) is 16.1 Å². The second kappa shape index (κ2) is 9.48. The minimum absolute atomic E-state index is 0.148. The molecule has 0 atom stereocenters. The van der Waals surface area contributed by atoms with Crippen LogP contribution in [0, 0.1) is 0 Å². The van der Waals surface area contributed by atoms with Gasteiger partial charge in [0.25, 0.3) is 0 Å². The molecule has 0 saturated heterocycles. The van der Waals surface area contributed by atoms with E-state index >= 15 is 0 Å². The van der Waals surface area contributed by atoms with Gasteiger partial charge in [0.1, 0.15) is 5.60 Å². The highest BCUT2D eigenvalue weighted by atomic mass is 35.5. The molecular weight excluding hydrogens is 444 g/mol. The number of halogens is 1. The van der Waals surface area contributed by atoms with E-state index in [-0.39, 0.29) is 18.8 Å². The standard InChI is InChI=1S/C19H23ClN6O4S/c1-19(2,3)30-18(28)21-7-8-26-16-12(15(24-26)17(27)29-4)5-6-13(14(16)20)22-9-11-10-23-25-31-11/h5-6,10,22H,7-9H2,1-4H3,(H,21,28). The van der Waals surface area contributed by atoms with Crippen molar-refractivity contribution in [3.63, 3.8) is 0 Å². The van der Waals surface area contributed by atoms with Crippen molar-refractivity contribution in [3.8, 4) is 0 Å². The predicted molar refractivity (Wildman–Crippen MR) is 118 cm³/mol. The largest absolute Gasteiger partial charge is 0.464 e. The average molecular weight is 467 g/mol. The topological polar surface area (TPSA) is 120 Å². The summed E-state index contributed by atoms with van der Waals surface area (Å²) in [6.45, 7) is 6.36. The number of esters is 1. The quantitative estimate of drug-likeness (QED) is 0.508. The number of ether oxygens (including phenoxy) is 2. The molecule has 0 bridgehead atoms. The van der Waals surface area contributed by atoms with Crippen LogP contribution < -0.4 is 10.6 Å². The lowest BCUT2D eigenvalue weighted by molar-refractivity contribution is 0.0523. The first-order valence-corrected chi connectivity index (χ1v) is 10.6. The number of methoxy groups -OCH3 is 1. The Morgan fingerprint density at radius 2 is 2.06 bits per heavy atom. The highest BCUT2D eigenvalue weighted by Gasteiger charge is 2.22. The van der Waals surface area contributed by atoms with Crippen LogP contribution >= 0.6 is 23.1 Å². The van der Waals surface area contributed by atoms with Crippen molar-refractivity contribution >= 4 is 51.8 Å². The summed E-state index contributed by atoms with van der Waals surface area (Å²) in [7, 11) is 1.29. The maximum Gasteiger partial charge on any atom is 0.407 e. The number of hydrogen-bond acceptors (Lipinski definition) is 9. The molecule has 2 heterocycles. The number of benzene rings is 1. The molecule has 3 aromatic rings. The molecular formula is C19H23ClN6O4S. The smallest absolute Gasteiger partial charge is 0.407 e. The minimum atomic E-state index is -0.599. The van der Waals surface area contributed by atoms with Crippen molar-refractivity contribution in [3.05, 3.63) is 33.9 Å². The molecule has 0 fully saturated rings. The molecule has 3 rings (SSSR count). The van der Waals surface area contributed by atoms with Gasteiger partial charge in [-0.2, -0.15) is 5.10 Å².